The van der Waals surface area contributed by atoms with Crippen LogP contribution in [-0.2, 0) is 10.0 Å². The van der Waals surface area contributed by atoms with Crippen molar-refractivity contribution in [3.63, 3.8) is 0 Å². The van der Waals surface area contributed by atoms with Gasteiger partial charge in [-0.05, 0) is 43.2 Å². The summed E-state index contributed by atoms with van der Waals surface area (Å²) in [5.74, 6) is -0.469. The van der Waals surface area contributed by atoms with Crippen molar-refractivity contribution in [2.45, 2.75) is 31.6 Å². The number of thiophene rings is 1. The van der Waals surface area contributed by atoms with Crippen molar-refractivity contribution < 1.29 is 18.1 Å². The van der Waals surface area contributed by atoms with E-state index in [-0.39, 0.29) is 25.7 Å². The zero-order valence-electron chi connectivity index (χ0n) is 18.4. The number of carbonyl (C=O) groups excluding carboxylic acids is 1. The van der Waals surface area contributed by atoms with Gasteiger partial charge in [-0.2, -0.15) is 4.31 Å². The number of aromatic nitrogens is 2. The maximum atomic E-state index is 12.8. The number of aliphatic imine (C=N–C) groups is 1. The first kappa shape index (κ1) is 25.6. The van der Waals surface area contributed by atoms with Crippen LogP contribution in [0.4, 0.5) is 15.3 Å². The van der Waals surface area contributed by atoms with Gasteiger partial charge in [0.25, 0.3) is 5.91 Å². The molecule has 3 rings (SSSR count). The van der Waals surface area contributed by atoms with E-state index >= 15 is 0 Å². The minimum Gasteiger partial charge on any atom is -0.296 e. The lowest BCUT2D eigenvalue weighted by Crippen LogP contribution is -2.32. The van der Waals surface area contributed by atoms with Gasteiger partial charge >= 0.3 is 5.00 Å². The molecule has 0 aliphatic rings. The quantitative estimate of drug-likeness (QED) is 0.224. The van der Waals surface area contributed by atoms with Gasteiger partial charge in [-0.25, -0.2) is 13.4 Å². The smallest absolute Gasteiger partial charge is 0.296 e. The van der Waals surface area contributed by atoms with E-state index in [1.54, 1.807) is 6.07 Å². The molecular formula is C20H22N6O5S3. The normalized spacial score (nSPS) is 11.9. The van der Waals surface area contributed by atoms with Gasteiger partial charge < -0.3 is 0 Å². The first-order chi connectivity index (χ1) is 16.2. The summed E-state index contributed by atoms with van der Waals surface area (Å²) in [6, 6.07) is 8.68. The summed E-state index contributed by atoms with van der Waals surface area (Å²) in [6.07, 6.45) is 2.85. The molecule has 1 amide bonds. The van der Waals surface area contributed by atoms with Gasteiger partial charge in [-0.15, -0.1) is 10.2 Å². The van der Waals surface area contributed by atoms with Gasteiger partial charge in [-0.3, -0.25) is 20.2 Å². The van der Waals surface area contributed by atoms with E-state index in [1.807, 2.05) is 13.8 Å². The maximum Gasteiger partial charge on any atom is 0.324 e. The summed E-state index contributed by atoms with van der Waals surface area (Å²) >= 11 is 2.00. The van der Waals surface area contributed by atoms with Crippen molar-refractivity contribution in [3.8, 4) is 0 Å². The molecule has 0 saturated carbocycles. The molecule has 3 aromatic rings. The number of anilines is 1. The number of carbonyl (C=O) groups is 1. The van der Waals surface area contributed by atoms with Crippen LogP contribution in [0.5, 0.6) is 0 Å². The lowest BCUT2D eigenvalue weighted by molar-refractivity contribution is -0.380. The summed E-state index contributed by atoms with van der Waals surface area (Å²) < 4.78 is 27.1. The van der Waals surface area contributed by atoms with Crippen LogP contribution in [0, 0.1) is 10.1 Å². The number of hydrogen-bond acceptors (Lipinski definition) is 10. The van der Waals surface area contributed by atoms with Crippen molar-refractivity contribution in [1.82, 2.24) is 14.5 Å². The second kappa shape index (κ2) is 11.4. The molecule has 1 N–H and O–H groups in total. The molecule has 180 valence electrons. The highest BCUT2D eigenvalue weighted by atomic mass is 32.2. The van der Waals surface area contributed by atoms with Crippen LogP contribution in [0.3, 0.4) is 0 Å². The fraction of sp³-hybridized carbons (Fsp3) is 0.300. The highest BCUT2D eigenvalue weighted by Crippen LogP contribution is 2.26. The fourth-order valence-corrected chi connectivity index (χ4v) is 5.80. The van der Waals surface area contributed by atoms with Gasteiger partial charge in [0.2, 0.25) is 20.3 Å². The van der Waals surface area contributed by atoms with Gasteiger partial charge in [0, 0.05) is 30.9 Å². The van der Waals surface area contributed by atoms with Crippen LogP contribution in [0.2, 0.25) is 0 Å². The number of nitrogens with zero attached hydrogens (tertiary/aromatic N) is 5. The van der Waals surface area contributed by atoms with Crippen LogP contribution >= 0.6 is 22.7 Å². The van der Waals surface area contributed by atoms with Crippen molar-refractivity contribution in [2.75, 3.05) is 18.4 Å². The Labute approximate surface area is 204 Å². The summed E-state index contributed by atoms with van der Waals surface area (Å²) in [4.78, 5) is 27.6. The second-order valence-electron chi connectivity index (χ2n) is 6.96. The van der Waals surface area contributed by atoms with Crippen LogP contribution in [0.25, 0.3) is 0 Å². The highest BCUT2D eigenvalue weighted by Gasteiger charge is 2.23. The first-order valence-corrected chi connectivity index (χ1v) is 13.3. The van der Waals surface area contributed by atoms with E-state index < -0.39 is 20.9 Å². The Kier molecular flexibility index (Phi) is 8.55. The molecule has 0 unspecified atom stereocenters. The van der Waals surface area contributed by atoms with E-state index in [0.717, 1.165) is 22.7 Å². The van der Waals surface area contributed by atoms with E-state index in [4.69, 9.17) is 0 Å². The summed E-state index contributed by atoms with van der Waals surface area (Å²) in [7, 11) is -3.63. The molecule has 34 heavy (non-hydrogen) atoms. The number of benzene rings is 1. The van der Waals surface area contributed by atoms with Crippen LogP contribution in [0.1, 0.15) is 41.9 Å². The number of hydrogen-bond donors (Lipinski definition) is 1. The predicted octanol–water partition coefficient (Wildman–Crippen LogP) is 4.32. The largest absolute Gasteiger partial charge is 0.324 e. The lowest BCUT2D eigenvalue weighted by Gasteiger charge is -2.21. The molecular weight excluding hydrogens is 500 g/mol. The molecule has 1 aromatic carbocycles. The lowest BCUT2D eigenvalue weighted by atomic mass is 10.2. The Bertz CT molecular complexity index is 1280. The third kappa shape index (κ3) is 6.28. The van der Waals surface area contributed by atoms with E-state index in [1.165, 1.54) is 40.9 Å². The highest BCUT2D eigenvalue weighted by molar-refractivity contribution is 7.89. The maximum absolute atomic E-state index is 12.8. The second-order valence-corrected chi connectivity index (χ2v) is 11.0. The Morgan fingerprint density at radius 1 is 1.12 bits per heavy atom. The van der Waals surface area contributed by atoms with Crippen LogP contribution < -0.4 is 5.32 Å². The predicted molar refractivity (Wildman–Crippen MR) is 132 cm³/mol. The van der Waals surface area contributed by atoms with Gasteiger partial charge in [0.05, 0.1) is 14.7 Å². The molecule has 2 heterocycles. The van der Waals surface area contributed by atoms with E-state index in [9.17, 15) is 23.3 Å². The number of nitro groups is 1. The van der Waals surface area contributed by atoms with Gasteiger partial charge in [0.15, 0.2) is 0 Å². The third-order valence-corrected chi connectivity index (χ3v) is 8.06. The SMILES string of the molecule is CCCN(CCC)S(=O)(=O)c1ccc(C(=O)Nc2nnc(N=Cc3ccc([N+](=O)[O-])s3)s2)cc1. The van der Waals surface area contributed by atoms with Gasteiger partial charge in [-0.1, -0.05) is 36.5 Å². The average Bonchev–Trinajstić information content (AvgIpc) is 3.47. The minimum absolute atomic E-state index is 0.00826. The molecule has 0 spiro atoms. The molecule has 0 fully saturated rings. The standard InChI is InChI=1S/C20H22N6O5S3/c1-3-11-25(12-4-2)34(30,31)16-8-5-14(6-9-16)18(27)22-20-24-23-19(33-20)21-13-15-7-10-17(32-15)26(28)29/h5-10,13H,3-4,11-12H2,1-2H3,(H,22,24,27). The number of sulfonamides is 1. The molecule has 0 radical (unpaired) electrons. The van der Waals surface area contributed by atoms with Crippen molar-refractivity contribution in [1.29, 1.82) is 0 Å². The van der Waals surface area contributed by atoms with Crippen molar-refractivity contribution >= 4 is 60.1 Å². The molecule has 0 saturated heterocycles. The fourth-order valence-electron chi connectivity index (χ4n) is 2.89. The van der Waals surface area contributed by atoms with Gasteiger partial charge in [0.1, 0.15) is 0 Å². The topological polar surface area (TPSA) is 148 Å². The molecule has 0 aliphatic heterocycles. The Balaban J connectivity index is 1.65. The molecule has 14 heteroatoms. The Morgan fingerprint density at radius 2 is 1.79 bits per heavy atom. The molecule has 11 nitrogen and oxygen atoms in total. The molecule has 2 aromatic heterocycles. The average molecular weight is 523 g/mol. The Morgan fingerprint density at radius 3 is 2.38 bits per heavy atom. The summed E-state index contributed by atoms with van der Waals surface area (Å²) in [6.45, 7) is 4.71. The summed E-state index contributed by atoms with van der Waals surface area (Å²) in [5.41, 5.74) is 0.266. The number of rotatable bonds is 11. The van der Waals surface area contributed by atoms with Crippen LogP contribution in [0.15, 0.2) is 46.3 Å². The molecule has 0 atom stereocenters. The van der Waals surface area contributed by atoms with E-state index in [2.05, 4.69) is 20.5 Å². The third-order valence-electron chi connectivity index (χ3n) is 4.43. The monoisotopic (exact) mass is 522 g/mol. The first-order valence-electron chi connectivity index (χ1n) is 10.3. The van der Waals surface area contributed by atoms with Crippen molar-refractivity contribution in [3.05, 3.63) is 57.0 Å². The van der Waals surface area contributed by atoms with E-state index in [0.29, 0.717) is 30.8 Å². The minimum atomic E-state index is -3.63. The Hall–Kier alpha value is -3.07. The number of nitrogens with one attached hydrogen (secondary N) is 1. The molecule has 0 bridgehead atoms. The zero-order chi connectivity index (χ0) is 24.7. The van der Waals surface area contributed by atoms with Crippen molar-refractivity contribution in [2.24, 2.45) is 4.99 Å². The molecule has 0 aliphatic carbocycles. The van der Waals surface area contributed by atoms with Crippen LogP contribution in [-0.4, -0.2) is 53.1 Å². The number of amides is 1. The zero-order valence-corrected chi connectivity index (χ0v) is 20.8. The summed E-state index contributed by atoms with van der Waals surface area (Å²) in [5, 5.41) is 21.6.